The lowest BCUT2D eigenvalue weighted by Gasteiger charge is -2.34. The van der Waals surface area contributed by atoms with Gasteiger partial charge in [-0.15, -0.1) is 11.3 Å². The molecule has 1 saturated heterocycles. The van der Waals surface area contributed by atoms with Crippen molar-refractivity contribution in [1.29, 1.82) is 0 Å². The third-order valence-corrected chi connectivity index (χ3v) is 6.05. The molecule has 2 atom stereocenters. The van der Waals surface area contributed by atoms with E-state index in [1.165, 1.54) is 16.9 Å². The lowest BCUT2D eigenvalue weighted by Crippen LogP contribution is -2.48. The van der Waals surface area contributed by atoms with E-state index in [0.717, 1.165) is 11.3 Å². The van der Waals surface area contributed by atoms with Crippen molar-refractivity contribution in [2.75, 3.05) is 20.2 Å². The molecule has 112 valence electrons. The SMILES string of the molecule is COC(=O)c1ncsc1S(=O)(=O)N1C[C@@H](C)O[C@@H](C)C1. The van der Waals surface area contributed by atoms with Crippen LogP contribution in [-0.4, -0.2) is 56.1 Å². The van der Waals surface area contributed by atoms with E-state index < -0.39 is 16.0 Å². The average molecular weight is 320 g/mol. The Labute approximate surface area is 121 Å². The van der Waals surface area contributed by atoms with Gasteiger partial charge in [-0.05, 0) is 13.8 Å². The number of thiazole rings is 1. The second kappa shape index (κ2) is 5.76. The summed E-state index contributed by atoms with van der Waals surface area (Å²) in [4.78, 5) is 15.4. The highest BCUT2D eigenvalue weighted by Gasteiger charge is 2.36. The lowest BCUT2D eigenvalue weighted by molar-refractivity contribution is -0.0440. The van der Waals surface area contributed by atoms with Gasteiger partial charge in [0.15, 0.2) is 9.90 Å². The fourth-order valence-electron chi connectivity index (χ4n) is 2.10. The predicted octanol–water partition coefficient (Wildman–Crippen LogP) is 0.728. The van der Waals surface area contributed by atoms with Crippen LogP contribution in [0.3, 0.4) is 0 Å². The molecule has 1 aromatic heterocycles. The van der Waals surface area contributed by atoms with Crippen molar-refractivity contribution >= 4 is 27.3 Å². The molecule has 0 saturated carbocycles. The van der Waals surface area contributed by atoms with Crippen LogP contribution in [0.4, 0.5) is 0 Å². The third-order valence-electron chi connectivity index (χ3n) is 2.87. The highest BCUT2D eigenvalue weighted by molar-refractivity contribution is 7.91. The molecule has 1 aliphatic rings. The quantitative estimate of drug-likeness (QED) is 0.763. The molecule has 2 rings (SSSR count). The number of hydrogen-bond acceptors (Lipinski definition) is 7. The number of aromatic nitrogens is 1. The van der Waals surface area contributed by atoms with Crippen LogP contribution < -0.4 is 0 Å². The monoisotopic (exact) mass is 320 g/mol. The van der Waals surface area contributed by atoms with E-state index in [9.17, 15) is 13.2 Å². The smallest absolute Gasteiger partial charge is 0.358 e. The fourth-order valence-corrected chi connectivity index (χ4v) is 4.96. The number of esters is 1. The second-order valence-corrected chi connectivity index (χ2v) is 7.55. The van der Waals surface area contributed by atoms with Crippen molar-refractivity contribution in [3.8, 4) is 0 Å². The Balaban J connectivity index is 2.36. The van der Waals surface area contributed by atoms with Crippen molar-refractivity contribution in [2.24, 2.45) is 0 Å². The second-order valence-electron chi connectivity index (χ2n) is 4.56. The number of hydrogen-bond donors (Lipinski definition) is 0. The van der Waals surface area contributed by atoms with Crippen LogP contribution in [0, 0.1) is 0 Å². The van der Waals surface area contributed by atoms with E-state index in [-0.39, 0.29) is 35.2 Å². The Hall–Kier alpha value is -1.03. The minimum absolute atomic E-state index is 0.0781. The summed E-state index contributed by atoms with van der Waals surface area (Å²) in [5.41, 5.74) is 1.16. The summed E-state index contributed by atoms with van der Waals surface area (Å²) in [7, 11) is -2.57. The van der Waals surface area contributed by atoms with Gasteiger partial charge < -0.3 is 9.47 Å². The van der Waals surface area contributed by atoms with E-state index in [4.69, 9.17) is 4.74 Å². The van der Waals surface area contributed by atoms with Gasteiger partial charge >= 0.3 is 5.97 Å². The molecule has 0 amide bonds. The Morgan fingerprint density at radius 2 is 2.05 bits per heavy atom. The van der Waals surface area contributed by atoms with Crippen molar-refractivity contribution in [3.63, 3.8) is 0 Å². The van der Waals surface area contributed by atoms with E-state index in [2.05, 4.69) is 9.72 Å². The van der Waals surface area contributed by atoms with Crippen LogP contribution in [0.5, 0.6) is 0 Å². The van der Waals surface area contributed by atoms with Crippen LogP contribution >= 0.6 is 11.3 Å². The van der Waals surface area contributed by atoms with Gasteiger partial charge in [0.25, 0.3) is 10.0 Å². The molecular weight excluding hydrogens is 304 g/mol. The van der Waals surface area contributed by atoms with E-state index >= 15 is 0 Å². The van der Waals surface area contributed by atoms with Crippen molar-refractivity contribution < 1.29 is 22.7 Å². The minimum Gasteiger partial charge on any atom is -0.464 e. The highest BCUT2D eigenvalue weighted by atomic mass is 32.2. The van der Waals surface area contributed by atoms with Gasteiger partial charge in [-0.3, -0.25) is 0 Å². The van der Waals surface area contributed by atoms with Crippen LogP contribution in [0.1, 0.15) is 24.3 Å². The molecule has 1 aliphatic heterocycles. The number of carbonyl (C=O) groups excluding carboxylic acids is 1. The summed E-state index contributed by atoms with van der Waals surface area (Å²) in [5.74, 6) is -0.751. The maximum absolute atomic E-state index is 12.6. The summed E-state index contributed by atoms with van der Waals surface area (Å²) in [6.07, 6.45) is -0.383. The van der Waals surface area contributed by atoms with Gasteiger partial charge in [0, 0.05) is 13.1 Å². The molecule has 0 bridgehead atoms. The standard InChI is InChI=1S/C11H16N2O5S2/c1-7-4-13(5-8(2)18-7)20(15,16)11-9(10(14)17-3)12-6-19-11/h6-8H,4-5H2,1-3H3/t7-,8+. The zero-order valence-corrected chi connectivity index (χ0v) is 13.0. The first-order valence-electron chi connectivity index (χ1n) is 6.03. The number of methoxy groups -OCH3 is 1. The summed E-state index contributed by atoms with van der Waals surface area (Å²) in [6.45, 7) is 4.13. The van der Waals surface area contributed by atoms with E-state index in [1.54, 1.807) is 0 Å². The number of morpholine rings is 1. The number of ether oxygens (including phenoxy) is 2. The molecule has 0 unspecified atom stereocenters. The van der Waals surface area contributed by atoms with Gasteiger partial charge in [0.2, 0.25) is 0 Å². The molecule has 1 aromatic rings. The first-order chi connectivity index (χ1) is 9.36. The highest BCUT2D eigenvalue weighted by Crippen LogP contribution is 2.27. The van der Waals surface area contributed by atoms with Gasteiger partial charge in [-0.1, -0.05) is 0 Å². The summed E-state index contributed by atoms with van der Waals surface area (Å²) >= 11 is 0.914. The maximum Gasteiger partial charge on any atom is 0.358 e. The third kappa shape index (κ3) is 2.85. The number of carbonyl (C=O) groups is 1. The van der Waals surface area contributed by atoms with Crippen molar-refractivity contribution in [2.45, 2.75) is 30.3 Å². The molecule has 9 heteroatoms. The van der Waals surface area contributed by atoms with Crippen molar-refractivity contribution in [1.82, 2.24) is 9.29 Å². The molecule has 1 fully saturated rings. The summed E-state index contributed by atoms with van der Waals surface area (Å²) in [6, 6.07) is 0. The molecular formula is C11H16N2O5S2. The van der Waals surface area contributed by atoms with E-state index in [0.29, 0.717) is 0 Å². The summed E-state index contributed by atoms with van der Waals surface area (Å²) in [5, 5.41) is 0. The average Bonchev–Trinajstić information content (AvgIpc) is 2.86. The maximum atomic E-state index is 12.6. The Morgan fingerprint density at radius 1 is 1.45 bits per heavy atom. The van der Waals surface area contributed by atoms with Crippen LogP contribution in [0.2, 0.25) is 0 Å². The van der Waals surface area contributed by atoms with Crippen LogP contribution in [-0.2, 0) is 19.5 Å². The predicted molar refractivity (Wildman–Crippen MR) is 72.2 cm³/mol. The molecule has 20 heavy (non-hydrogen) atoms. The minimum atomic E-state index is -3.76. The van der Waals surface area contributed by atoms with Gasteiger partial charge in [-0.2, -0.15) is 4.31 Å². The molecule has 0 aromatic carbocycles. The zero-order chi connectivity index (χ0) is 14.9. The van der Waals surface area contributed by atoms with Gasteiger partial charge in [-0.25, -0.2) is 18.2 Å². The molecule has 0 radical (unpaired) electrons. The molecule has 2 heterocycles. The molecule has 0 N–H and O–H groups in total. The fraction of sp³-hybridized carbons (Fsp3) is 0.636. The van der Waals surface area contributed by atoms with Crippen LogP contribution in [0.25, 0.3) is 0 Å². The first-order valence-corrected chi connectivity index (χ1v) is 8.35. The zero-order valence-electron chi connectivity index (χ0n) is 11.4. The number of nitrogens with zero attached hydrogens (tertiary/aromatic N) is 2. The van der Waals surface area contributed by atoms with E-state index in [1.807, 2.05) is 13.8 Å². The molecule has 0 aliphatic carbocycles. The first kappa shape index (κ1) is 15.4. The Morgan fingerprint density at radius 3 is 2.60 bits per heavy atom. The number of rotatable bonds is 3. The topological polar surface area (TPSA) is 85.8 Å². The van der Waals surface area contributed by atoms with Crippen LogP contribution in [0.15, 0.2) is 9.72 Å². The molecule has 7 nitrogen and oxygen atoms in total. The number of sulfonamides is 1. The normalized spacial score (nSPS) is 24.6. The summed E-state index contributed by atoms with van der Waals surface area (Å²) < 4.78 is 36.5. The van der Waals surface area contributed by atoms with Gasteiger partial charge in [0.1, 0.15) is 0 Å². The molecule has 0 spiro atoms. The Bertz CT molecular complexity index is 588. The lowest BCUT2D eigenvalue weighted by atomic mass is 10.3. The largest absolute Gasteiger partial charge is 0.464 e. The van der Waals surface area contributed by atoms with Crippen molar-refractivity contribution in [3.05, 3.63) is 11.2 Å². The van der Waals surface area contributed by atoms with Gasteiger partial charge in [0.05, 0.1) is 24.8 Å². The Kier molecular flexibility index (Phi) is 4.43.